The molecule has 0 bridgehead atoms. The zero-order valence-corrected chi connectivity index (χ0v) is 26.7. The maximum atomic E-state index is 13.1. The lowest BCUT2D eigenvalue weighted by atomic mass is 10.1. The Bertz CT molecular complexity index is 1790. The molecular formula is C30H31F3N6O4S3. The van der Waals surface area contributed by atoms with Crippen LogP contribution >= 0.6 is 23.6 Å². The second-order valence-corrected chi connectivity index (χ2v) is 13.9. The number of piperidine rings is 1. The molecule has 4 heterocycles. The van der Waals surface area contributed by atoms with Crippen LogP contribution in [0.5, 0.6) is 0 Å². The average molecular weight is 693 g/mol. The van der Waals surface area contributed by atoms with Crippen LogP contribution in [0.2, 0.25) is 0 Å². The van der Waals surface area contributed by atoms with Crippen LogP contribution in [-0.4, -0.2) is 53.6 Å². The summed E-state index contributed by atoms with van der Waals surface area (Å²) in [6.45, 7) is 1.26. The molecule has 1 aliphatic rings. The first-order chi connectivity index (χ1) is 21.8. The fourth-order valence-electron chi connectivity index (χ4n) is 4.46. The van der Waals surface area contributed by atoms with Gasteiger partial charge in [0.1, 0.15) is 14.5 Å². The molecule has 0 radical (unpaired) electrons. The molecule has 5 N–H and O–H groups in total. The van der Waals surface area contributed by atoms with Crippen molar-refractivity contribution in [3.63, 3.8) is 0 Å². The number of nitrogens with two attached hydrogens (primary N) is 1. The number of aromatic amines is 1. The third-order valence-corrected chi connectivity index (χ3v) is 10.8. The van der Waals surface area contributed by atoms with Crippen molar-refractivity contribution in [2.45, 2.75) is 42.4 Å². The maximum Gasteiger partial charge on any atom is 0.416 e. The van der Waals surface area contributed by atoms with Crippen LogP contribution in [0.3, 0.4) is 0 Å². The van der Waals surface area contributed by atoms with Crippen molar-refractivity contribution < 1.29 is 31.2 Å². The lowest BCUT2D eigenvalue weighted by Gasteiger charge is -2.31. The number of sulfonamides is 1. The molecule has 1 aromatic carbocycles. The molecule has 16 heteroatoms. The lowest BCUT2D eigenvalue weighted by molar-refractivity contribution is -0.137. The van der Waals surface area contributed by atoms with E-state index in [0.717, 1.165) is 29.0 Å². The number of hydrogen-bond donors (Lipinski definition) is 4. The van der Waals surface area contributed by atoms with Gasteiger partial charge < -0.3 is 21.4 Å². The van der Waals surface area contributed by atoms with Crippen LogP contribution in [0.4, 0.5) is 13.2 Å². The Morgan fingerprint density at radius 3 is 2.33 bits per heavy atom. The molecule has 1 aliphatic heterocycles. The van der Waals surface area contributed by atoms with Gasteiger partial charge in [-0.3, -0.25) is 14.6 Å². The molecule has 0 aliphatic carbocycles. The first-order valence-corrected chi connectivity index (χ1v) is 16.7. The van der Waals surface area contributed by atoms with Crippen molar-refractivity contribution in [1.29, 1.82) is 0 Å². The highest BCUT2D eigenvalue weighted by atomic mass is 32.2. The molecule has 46 heavy (non-hydrogen) atoms. The number of benzene rings is 1. The molecule has 5 rings (SSSR count). The number of thiophene rings is 1. The van der Waals surface area contributed by atoms with Crippen LogP contribution in [0.15, 0.2) is 83.3 Å². The van der Waals surface area contributed by atoms with Crippen LogP contribution in [0.25, 0.3) is 0 Å². The zero-order chi connectivity index (χ0) is 33.3. The monoisotopic (exact) mass is 692 g/mol. The number of hydrogen-bond acceptors (Lipinski definition) is 8. The largest absolute Gasteiger partial charge is 0.416 e. The summed E-state index contributed by atoms with van der Waals surface area (Å²) in [5.74, 6) is -0.832. The molecule has 4 aromatic rings. The predicted octanol–water partition coefficient (Wildman–Crippen LogP) is 4.88. The van der Waals surface area contributed by atoms with Crippen molar-refractivity contribution in [1.82, 2.24) is 24.9 Å². The van der Waals surface area contributed by atoms with E-state index in [9.17, 15) is 31.2 Å². The van der Waals surface area contributed by atoms with Gasteiger partial charge in [0.25, 0.3) is 21.8 Å². The second-order valence-electron chi connectivity index (χ2n) is 10.1. The summed E-state index contributed by atoms with van der Waals surface area (Å²) in [6.07, 6.45) is -0.0248. The molecule has 1 fully saturated rings. The van der Waals surface area contributed by atoms with Crippen molar-refractivity contribution in [3.8, 4) is 0 Å². The summed E-state index contributed by atoms with van der Waals surface area (Å²) in [5, 5.41) is 6.06. The van der Waals surface area contributed by atoms with Gasteiger partial charge in [-0.2, -0.15) is 17.5 Å². The standard InChI is InChI=1S/C24H25F3N4O3S3.C6H6N2O/c25-24(26,27)17-5-3-16(4-6-17)14-29-18-9-12-31(13-10-18)37(33,34)21-8-7-19(36-21)15-30-22(32)20-2-1-11-28-23(20)35;7-6(9)5-3-1-2-4-8-5/h1-8,11,18,29H,9-10,12-15H2,(H,28,35)(H,30,32);1-4H,(H2,7,9). The smallest absolute Gasteiger partial charge is 0.364 e. The number of nitrogens with zero attached hydrogens (tertiary/aromatic N) is 2. The Kier molecular flexibility index (Phi) is 11.8. The fourth-order valence-corrected chi connectivity index (χ4v) is 7.61. The van der Waals surface area contributed by atoms with E-state index in [2.05, 4.69) is 20.6 Å². The van der Waals surface area contributed by atoms with Gasteiger partial charge in [0.05, 0.1) is 17.7 Å². The molecule has 1 saturated heterocycles. The van der Waals surface area contributed by atoms with Gasteiger partial charge in [0, 0.05) is 42.9 Å². The molecule has 10 nitrogen and oxygen atoms in total. The van der Waals surface area contributed by atoms with Crippen LogP contribution in [-0.2, 0) is 29.3 Å². The number of alkyl halides is 3. The number of carbonyl (C=O) groups excluding carboxylic acids is 2. The van der Waals surface area contributed by atoms with Crippen LogP contribution in [0, 0.1) is 4.64 Å². The summed E-state index contributed by atoms with van der Waals surface area (Å²) < 4.78 is 66.4. The summed E-state index contributed by atoms with van der Waals surface area (Å²) in [5.41, 5.74) is 5.61. The summed E-state index contributed by atoms with van der Waals surface area (Å²) >= 11 is 6.22. The number of carbonyl (C=O) groups is 2. The van der Waals surface area contributed by atoms with Gasteiger partial charge in [-0.25, -0.2) is 8.42 Å². The quantitative estimate of drug-likeness (QED) is 0.183. The number of amides is 2. The van der Waals surface area contributed by atoms with Gasteiger partial charge in [0.15, 0.2) is 0 Å². The van der Waals surface area contributed by atoms with E-state index in [1.54, 1.807) is 48.7 Å². The third kappa shape index (κ3) is 9.53. The Morgan fingerprint density at radius 1 is 1.02 bits per heavy atom. The van der Waals surface area contributed by atoms with Crippen molar-refractivity contribution in [3.05, 3.63) is 111 Å². The molecule has 2 amide bonds. The van der Waals surface area contributed by atoms with Crippen LogP contribution in [0.1, 0.15) is 49.7 Å². The van der Waals surface area contributed by atoms with E-state index in [1.165, 1.54) is 22.6 Å². The molecular weight excluding hydrogens is 662 g/mol. The van der Waals surface area contributed by atoms with E-state index >= 15 is 0 Å². The number of aromatic nitrogens is 2. The van der Waals surface area contributed by atoms with E-state index < -0.39 is 27.7 Å². The normalized spacial score (nSPS) is 14.2. The number of primary amides is 1. The third-order valence-electron chi connectivity index (χ3n) is 6.96. The van der Waals surface area contributed by atoms with E-state index in [0.29, 0.717) is 53.3 Å². The van der Waals surface area contributed by atoms with Crippen LogP contribution < -0.4 is 16.4 Å². The average Bonchev–Trinajstić information content (AvgIpc) is 3.54. The zero-order valence-electron chi connectivity index (χ0n) is 24.3. The van der Waals surface area contributed by atoms with E-state index in [-0.39, 0.29) is 22.7 Å². The minimum atomic E-state index is -4.36. The summed E-state index contributed by atoms with van der Waals surface area (Å²) in [7, 11) is -3.66. The number of rotatable bonds is 9. The Balaban J connectivity index is 0.000000459. The lowest BCUT2D eigenvalue weighted by Crippen LogP contribution is -2.44. The first kappa shape index (κ1) is 34.9. The summed E-state index contributed by atoms with van der Waals surface area (Å²) in [6, 6.07) is 16.6. The van der Waals surface area contributed by atoms with Gasteiger partial charge in [-0.15, -0.1) is 11.3 Å². The minimum Gasteiger partial charge on any atom is -0.364 e. The Morgan fingerprint density at radius 2 is 1.74 bits per heavy atom. The van der Waals surface area contributed by atoms with Crippen molar-refractivity contribution in [2.75, 3.05) is 13.1 Å². The van der Waals surface area contributed by atoms with Gasteiger partial charge in [-0.1, -0.05) is 30.4 Å². The Labute approximate surface area is 272 Å². The van der Waals surface area contributed by atoms with E-state index in [1.807, 2.05) is 0 Å². The SMILES string of the molecule is NC(=O)c1ccccn1.O=C(NCc1ccc(S(=O)(=O)N2CCC(NCc3ccc(C(F)(F)F)cc3)CC2)s1)c1ccc[nH]c1=S. The Hall–Kier alpha value is -3.96. The maximum absolute atomic E-state index is 13.1. The predicted molar refractivity (Wildman–Crippen MR) is 170 cm³/mol. The summed E-state index contributed by atoms with van der Waals surface area (Å²) in [4.78, 5) is 29.9. The molecule has 3 aromatic heterocycles. The topological polar surface area (TPSA) is 150 Å². The van der Waals surface area contributed by atoms with Crippen molar-refractivity contribution >= 4 is 45.4 Å². The second kappa shape index (κ2) is 15.6. The molecule has 0 unspecified atom stereocenters. The highest BCUT2D eigenvalue weighted by Crippen LogP contribution is 2.30. The minimum absolute atomic E-state index is 0.0624. The number of nitrogens with one attached hydrogen (secondary N) is 3. The van der Waals surface area contributed by atoms with E-state index in [4.69, 9.17) is 18.0 Å². The van der Waals surface area contributed by atoms with Gasteiger partial charge >= 0.3 is 6.18 Å². The van der Waals surface area contributed by atoms with Gasteiger partial charge in [-0.05, 0) is 66.9 Å². The molecule has 0 saturated carbocycles. The van der Waals surface area contributed by atoms with Crippen molar-refractivity contribution in [2.24, 2.45) is 5.73 Å². The number of pyridine rings is 2. The highest BCUT2D eigenvalue weighted by molar-refractivity contribution is 7.91. The number of halogens is 3. The highest BCUT2D eigenvalue weighted by Gasteiger charge is 2.31. The fraction of sp³-hybridized carbons (Fsp3) is 0.267. The molecule has 244 valence electrons. The molecule has 0 atom stereocenters. The number of H-pyrrole nitrogens is 1. The first-order valence-electron chi connectivity index (χ1n) is 14.0. The van der Waals surface area contributed by atoms with Gasteiger partial charge in [0.2, 0.25) is 0 Å². The molecule has 0 spiro atoms.